The molecule has 1 aliphatic heterocycles. The van der Waals surface area contributed by atoms with Crippen molar-refractivity contribution in [3.05, 3.63) is 99.6 Å². The van der Waals surface area contributed by atoms with Crippen LogP contribution in [0.25, 0.3) is 0 Å². The van der Waals surface area contributed by atoms with Crippen molar-refractivity contribution in [2.75, 3.05) is 11.9 Å². The van der Waals surface area contributed by atoms with Crippen molar-refractivity contribution in [3.63, 3.8) is 0 Å². The molecular formula is C31H27Cl3N2O3. The molecule has 3 aromatic carbocycles. The summed E-state index contributed by atoms with van der Waals surface area (Å²) in [6.45, 7) is 2.18. The van der Waals surface area contributed by atoms with Crippen LogP contribution in [-0.4, -0.2) is 29.2 Å². The Balaban J connectivity index is 1.16. The van der Waals surface area contributed by atoms with E-state index in [0.717, 1.165) is 27.8 Å². The number of alkyl halides is 2. The quantitative estimate of drug-likeness (QED) is 0.191. The molecule has 3 aromatic rings. The van der Waals surface area contributed by atoms with E-state index in [2.05, 4.69) is 5.32 Å². The molecule has 0 unspecified atom stereocenters. The van der Waals surface area contributed by atoms with Crippen molar-refractivity contribution in [2.24, 2.45) is 11.8 Å². The van der Waals surface area contributed by atoms with Crippen LogP contribution in [0.4, 0.5) is 5.69 Å². The van der Waals surface area contributed by atoms with Gasteiger partial charge in [-0.25, -0.2) is 0 Å². The van der Waals surface area contributed by atoms with Crippen LogP contribution >= 0.6 is 34.8 Å². The molecule has 1 fully saturated rings. The topological polar surface area (TPSA) is 66.5 Å². The standard InChI is InChI=1S/C31H27Cl3N2O3/c1-18-14-15-19(32)17-24(18)35-25(37)13-3-2-8-16-36-28(38)26-27(29(36)39)31(34)21-10-5-4-9-20(21)30(26,33)22-11-6-7-12-23(22)31/h4-7,9-12,14-15,17,26-27H,2-3,8,13,16H2,1H3,(H,35,37)/t26-,27+,30?,31?. The number of likely N-dealkylation sites (tertiary alicyclic amines) is 1. The molecule has 0 aromatic heterocycles. The number of imide groups is 1. The van der Waals surface area contributed by atoms with E-state index >= 15 is 0 Å². The number of amides is 3. The minimum Gasteiger partial charge on any atom is -0.326 e. The lowest BCUT2D eigenvalue weighted by atomic mass is 9.54. The van der Waals surface area contributed by atoms with Crippen molar-refractivity contribution >= 4 is 58.2 Å². The molecule has 3 amide bonds. The van der Waals surface area contributed by atoms with E-state index in [1.54, 1.807) is 12.1 Å². The lowest BCUT2D eigenvalue weighted by molar-refractivity contribution is -0.140. The van der Waals surface area contributed by atoms with Gasteiger partial charge in [0.1, 0.15) is 9.75 Å². The van der Waals surface area contributed by atoms with E-state index in [-0.39, 0.29) is 24.3 Å². The molecule has 3 aliphatic carbocycles. The van der Waals surface area contributed by atoms with Gasteiger partial charge in [-0.05, 0) is 59.7 Å². The summed E-state index contributed by atoms with van der Waals surface area (Å²) in [7, 11) is 0. The Bertz CT molecular complexity index is 1400. The third-order valence-electron chi connectivity index (χ3n) is 8.44. The highest BCUT2D eigenvalue weighted by atomic mass is 35.5. The number of carbonyl (C=O) groups is 3. The number of nitrogens with one attached hydrogen (secondary N) is 1. The van der Waals surface area contributed by atoms with Gasteiger partial charge in [-0.15, -0.1) is 23.2 Å². The molecule has 8 heteroatoms. The Hall–Kier alpha value is -2.86. The zero-order valence-electron chi connectivity index (χ0n) is 21.3. The van der Waals surface area contributed by atoms with Crippen LogP contribution in [0, 0.1) is 18.8 Å². The monoisotopic (exact) mass is 580 g/mol. The fraction of sp³-hybridized carbons (Fsp3) is 0.323. The number of anilines is 1. The molecule has 0 saturated carbocycles. The third-order valence-corrected chi connectivity index (χ3v) is 9.96. The molecule has 200 valence electrons. The van der Waals surface area contributed by atoms with Crippen molar-refractivity contribution in [2.45, 2.75) is 42.4 Å². The van der Waals surface area contributed by atoms with Gasteiger partial charge in [0.15, 0.2) is 0 Å². The first kappa shape index (κ1) is 26.4. The second kappa shape index (κ2) is 9.65. The van der Waals surface area contributed by atoms with Gasteiger partial charge in [-0.3, -0.25) is 19.3 Å². The highest BCUT2D eigenvalue weighted by Gasteiger charge is 2.72. The zero-order chi connectivity index (χ0) is 27.5. The van der Waals surface area contributed by atoms with Crippen LogP contribution in [0.1, 0.15) is 53.5 Å². The summed E-state index contributed by atoms with van der Waals surface area (Å²) in [4.78, 5) is 39.1. The normalized spacial score (nSPS) is 26.3. The summed E-state index contributed by atoms with van der Waals surface area (Å²) in [5.41, 5.74) is 4.82. The van der Waals surface area contributed by atoms with Crippen LogP contribution in [0.2, 0.25) is 5.02 Å². The lowest BCUT2D eigenvalue weighted by Crippen LogP contribution is -2.57. The molecule has 1 saturated heterocycles. The van der Waals surface area contributed by atoms with Crippen molar-refractivity contribution in [1.29, 1.82) is 0 Å². The van der Waals surface area contributed by atoms with Gasteiger partial charge in [-0.2, -0.15) is 0 Å². The van der Waals surface area contributed by atoms with Gasteiger partial charge in [0, 0.05) is 23.7 Å². The average Bonchev–Trinajstić information content (AvgIpc) is 3.19. The first-order valence-corrected chi connectivity index (χ1v) is 14.3. The molecule has 5 nitrogen and oxygen atoms in total. The van der Waals surface area contributed by atoms with Crippen molar-refractivity contribution in [3.8, 4) is 0 Å². The van der Waals surface area contributed by atoms with Gasteiger partial charge < -0.3 is 5.32 Å². The first-order chi connectivity index (χ1) is 18.7. The number of rotatable bonds is 7. The fourth-order valence-electron chi connectivity index (χ4n) is 6.62. The number of aryl methyl sites for hydroxylation is 1. The maximum Gasteiger partial charge on any atom is 0.235 e. The Morgan fingerprint density at radius 1 is 0.821 bits per heavy atom. The molecule has 1 N–H and O–H groups in total. The van der Waals surface area contributed by atoms with Crippen molar-refractivity contribution < 1.29 is 14.4 Å². The molecule has 2 atom stereocenters. The van der Waals surface area contributed by atoms with Gasteiger partial charge in [0.05, 0.1) is 11.8 Å². The number of hydrogen-bond donors (Lipinski definition) is 1. The Kier molecular flexibility index (Phi) is 6.53. The second-order valence-corrected chi connectivity index (χ2v) is 12.2. The maximum atomic E-state index is 13.8. The first-order valence-electron chi connectivity index (χ1n) is 13.2. The maximum absolute atomic E-state index is 13.8. The number of halogens is 3. The van der Waals surface area contributed by atoms with Gasteiger partial charge in [-0.1, -0.05) is 72.6 Å². The molecule has 39 heavy (non-hydrogen) atoms. The van der Waals surface area contributed by atoms with Gasteiger partial charge in [0.25, 0.3) is 0 Å². The van der Waals surface area contributed by atoms with Crippen LogP contribution in [0.15, 0.2) is 66.7 Å². The summed E-state index contributed by atoms with van der Waals surface area (Å²) in [6, 6.07) is 20.6. The van der Waals surface area contributed by atoms with Crippen LogP contribution in [0.5, 0.6) is 0 Å². The summed E-state index contributed by atoms with van der Waals surface area (Å²) in [6.07, 6.45) is 2.24. The second-order valence-electron chi connectivity index (χ2n) is 10.6. The van der Waals surface area contributed by atoms with Crippen molar-refractivity contribution in [1.82, 2.24) is 4.90 Å². The van der Waals surface area contributed by atoms with E-state index in [1.165, 1.54) is 4.90 Å². The molecule has 1 heterocycles. The molecular weight excluding hydrogens is 555 g/mol. The molecule has 7 rings (SSSR count). The number of benzene rings is 3. The Morgan fingerprint density at radius 3 is 1.85 bits per heavy atom. The third kappa shape index (κ3) is 3.85. The highest BCUT2D eigenvalue weighted by molar-refractivity contribution is 6.36. The van der Waals surface area contributed by atoms with Gasteiger partial charge in [0.2, 0.25) is 17.7 Å². The zero-order valence-corrected chi connectivity index (χ0v) is 23.6. The summed E-state index contributed by atoms with van der Waals surface area (Å²) in [5.74, 6) is -2.20. The molecule has 2 bridgehead atoms. The molecule has 0 spiro atoms. The fourth-order valence-corrected chi connectivity index (χ4v) is 7.89. The molecule has 0 radical (unpaired) electrons. The number of hydrogen-bond acceptors (Lipinski definition) is 3. The van der Waals surface area contributed by atoms with Crippen LogP contribution in [0.3, 0.4) is 0 Å². The highest BCUT2D eigenvalue weighted by Crippen LogP contribution is 2.69. The number of nitrogens with zero attached hydrogens (tertiary/aromatic N) is 1. The van der Waals surface area contributed by atoms with Crippen LogP contribution < -0.4 is 5.32 Å². The van der Waals surface area contributed by atoms with E-state index in [1.807, 2.05) is 61.5 Å². The lowest BCUT2D eigenvalue weighted by Gasteiger charge is -2.54. The Labute approximate surface area is 242 Å². The molecule has 4 aliphatic rings. The summed E-state index contributed by atoms with van der Waals surface area (Å²) < 4.78 is 0. The van der Waals surface area contributed by atoms with E-state index in [0.29, 0.717) is 36.4 Å². The SMILES string of the molecule is Cc1ccc(Cl)cc1NC(=O)CCCCCN1C(=O)[C@@H]2[C@H](C1=O)C1(Cl)c3ccccc3C2(Cl)c2ccccc21. The predicted molar refractivity (Wildman–Crippen MR) is 153 cm³/mol. The van der Waals surface area contributed by atoms with Crippen LogP contribution in [-0.2, 0) is 24.1 Å². The van der Waals surface area contributed by atoms with E-state index < -0.39 is 21.6 Å². The average molecular weight is 582 g/mol. The van der Waals surface area contributed by atoms with E-state index in [9.17, 15) is 14.4 Å². The van der Waals surface area contributed by atoms with Gasteiger partial charge >= 0.3 is 0 Å². The smallest absolute Gasteiger partial charge is 0.235 e. The Morgan fingerprint density at radius 2 is 1.33 bits per heavy atom. The van der Waals surface area contributed by atoms with E-state index in [4.69, 9.17) is 34.8 Å². The predicted octanol–water partition coefficient (Wildman–Crippen LogP) is 6.74. The minimum atomic E-state index is -1.16. The minimum absolute atomic E-state index is 0.0972. The number of carbonyl (C=O) groups excluding carboxylic acids is 3. The summed E-state index contributed by atoms with van der Waals surface area (Å²) >= 11 is 20.9. The summed E-state index contributed by atoms with van der Waals surface area (Å²) in [5, 5.41) is 3.47. The number of unbranched alkanes of at least 4 members (excludes halogenated alkanes) is 2. The largest absolute Gasteiger partial charge is 0.326 e.